The first-order valence-corrected chi connectivity index (χ1v) is 29.2. The van der Waals surface area contributed by atoms with E-state index in [-0.39, 0.29) is 17.0 Å². The van der Waals surface area contributed by atoms with Gasteiger partial charge in [-0.2, -0.15) is 0 Å². The third-order valence-corrected chi connectivity index (χ3v) is 13.3. The van der Waals surface area contributed by atoms with Crippen molar-refractivity contribution in [3.05, 3.63) is 346 Å². The highest BCUT2D eigenvalue weighted by atomic mass is 79.9. The van der Waals surface area contributed by atoms with Gasteiger partial charge in [0.15, 0.2) is 0 Å². The van der Waals surface area contributed by atoms with Crippen molar-refractivity contribution in [2.75, 3.05) is 42.3 Å². The molecule has 0 spiro atoms. The number of quaternary nitrogens is 2. The molecule has 93 heavy (non-hydrogen) atoms. The van der Waals surface area contributed by atoms with Gasteiger partial charge in [-0.15, -0.1) is 0 Å². The Morgan fingerprint density at radius 1 is 0.290 bits per heavy atom. The molecule has 0 fully saturated rings. The second-order valence-electron chi connectivity index (χ2n) is 23.0. The molecule has 0 aliphatic heterocycles. The van der Waals surface area contributed by atoms with Crippen LogP contribution in [0.5, 0.6) is 0 Å². The van der Waals surface area contributed by atoms with Gasteiger partial charge in [0.2, 0.25) is 0 Å². The van der Waals surface area contributed by atoms with E-state index in [4.69, 9.17) is 15.3 Å². The molecular weight excluding hydrogens is 1210 g/mol. The second-order valence-corrected chi connectivity index (χ2v) is 23.0. The van der Waals surface area contributed by atoms with Crippen molar-refractivity contribution >= 4 is 0 Å². The average molecular weight is 1280 g/mol. The first-order valence-electron chi connectivity index (χ1n) is 29.2. The minimum atomic E-state index is -1.75. The van der Waals surface area contributed by atoms with Crippen LogP contribution in [0.4, 0.5) is 0 Å². The Morgan fingerprint density at radius 3 is 0.581 bits per heavy atom. The molecule has 0 aliphatic rings. The van der Waals surface area contributed by atoms with Gasteiger partial charge in [-0.1, -0.05) is 94.7 Å². The number of pyridine rings is 4. The standard InChI is InChI=1S/2C41H32N3.BrH.NO3/c2*1-32-40(19-17-35-9-5-33(6-10-35)13-15-37-21-25-42-26-22-37)29-39(31-44(2,3)4)30-41(32)20-18-36-11-7-34(8-12-36)14-16-38-23-27-43-28-24-38;;2-1(3)4/h2*5-12,21-30H,31H2,1-4H3;1H;/q2*+1;;-1/p-1. The Hall–Kier alpha value is -12.0. The van der Waals surface area contributed by atoms with Gasteiger partial charge in [0, 0.05) is 150 Å². The second kappa shape index (κ2) is 34.1. The molecule has 11 heteroatoms. The number of halogens is 1. The average Bonchev–Trinajstić information content (AvgIpc) is 0.970. The van der Waals surface area contributed by atoms with Gasteiger partial charge in [0.25, 0.3) is 0 Å². The molecule has 4 aromatic heterocycles. The van der Waals surface area contributed by atoms with Crippen LogP contribution in [-0.4, -0.2) is 76.3 Å². The van der Waals surface area contributed by atoms with Crippen molar-refractivity contribution in [2.24, 2.45) is 0 Å². The highest BCUT2D eigenvalue weighted by molar-refractivity contribution is 5.59. The molecule has 10 aromatic rings. The van der Waals surface area contributed by atoms with Crippen LogP contribution in [0, 0.1) is 124 Å². The van der Waals surface area contributed by atoms with Crippen LogP contribution in [0.15, 0.2) is 219 Å². The minimum absolute atomic E-state index is 0. The summed E-state index contributed by atoms with van der Waals surface area (Å²) in [5, 5.41) is 14.8. The van der Waals surface area contributed by atoms with Crippen molar-refractivity contribution in [3.8, 4) is 94.7 Å². The SMILES string of the molecule is Cc1c(C#Cc2ccc(C#Cc3ccncc3)cc2)cc(C[N+](C)(C)C)cc1C#Cc1ccc(C#Cc2ccncc2)cc1.Cc1c(C#Cc2ccc(C#Cc3ccncc3)cc2)cc(C[N+](C)(C)C)cc1C#Cc1ccc(C#Cc2ccncc2)cc1.O=[N+]([O-])[O-].[Br-]. The quantitative estimate of drug-likeness (QED) is 0.0746. The summed E-state index contributed by atoms with van der Waals surface area (Å²) < 4.78 is 1.62. The first kappa shape index (κ1) is 68.5. The van der Waals surface area contributed by atoms with E-state index < -0.39 is 5.09 Å². The number of rotatable bonds is 4. The Balaban J connectivity index is 0.000000247. The van der Waals surface area contributed by atoms with Crippen molar-refractivity contribution in [2.45, 2.75) is 26.9 Å². The molecule has 0 amide bonds. The predicted molar refractivity (Wildman–Crippen MR) is 367 cm³/mol. The lowest BCUT2D eigenvalue weighted by Gasteiger charge is -2.24. The van der Waals surface area contributed by atoms with Crippen LogP contribution < -0.4 is 17.0 Å². The van der Waals surface area contributed by atoms with Crippen LogP contribution in [0.3, 0.4) is 0 Å². The number of hydrogen-bond acceptors (Lipinski definition) is 7. The van der Waals surface area contributed by atoms with E-state index in [0.717, 1.165) is 122 Å². The lowest BCUT2D eigenvalue weighted by molar-refractivity contribution is -0.884. The van der Waals surface area contributed by atoms with Crippen LogP contribution in [0.1, 0.15) is 111 Å². The summed E-state index contributed by atoms with van der Waals surface area (Å²) in [5.74, 6) is 52.5. The topological polar surface area (TPSA) is 118 Å². The van der Waals surface area contributed by atoms with Crippen molar-refractivity contribution in [1.82, 2.24) is 19.9 Å². The zero-order valence-corrected chi connectivity index (χ0v) is 54.5. The first-order chi connectivity index (χ1) is 44.3. The van der Waals surface area contributed by atoms with Crippen LogP contribution in [-0.2, 0) is 13.1 Å². The van der Waals surface area contributed by atoms with Crippen molar-refractivity contribution < 1.29 is 31.0 Å². The zero-order valence-electron chi connectivity index (χ0n) is 52.9. The van der Waals surface area contributed by atoms with Gasteiger partial charge in [-0.05, 0) is 195 Å². The maximum absolute atomic E-state index is 8.25. The summed E-state index contributed by atoms with van der Waals surface area (Å²) in [4.78, 5) is 24.4. The smallest absolute Gasteiger partial charge is 0.104 e. The molecule has 0 bridgehead atoms. The molecule has 0 atom stereocenters. The third kappa shape index (κ3) is 24.1. The molecule has 10 nitrogen and oxygen atoms in total. The highest BCUT2D eigenvalue weighted by Gasteiger charge is 2.14. The lowest BCUT2D eigenvalue weighted by Crippen LogP contribution is -3.00. The molecule has 0 radical (unpaired) electrons. The van der Waals surface area contributed by atoms with Gasteiger partial charge in [-0.3, -0.25) is 19.9 Å². The normalized spacial score (nSPS) is 9.81. The minimum Gasteiger partial charge on any atom is -1.00 e. The van der Waals surface area contributed by atoms with E-state index in [9.17, 15) is 0 Å². The summed E-state index contributed by atoms with van der Waals surface area (Å²) in [6.45, 7) is 5.94. The predicted octanol–water partition coefficient (Wildman–Crippen LogP) is 9.95. The Kier molecular flexibility index (Phi) is 25.1. The maximum atomic E-state index is 8.25. The van der Waals surface area contributed by atoms with Crippen molar-refractivity contribution in [3.63, 3.8) is 0 Å². The number of hydrogen-bond donors (Lipinski definition) is 0. The van der Waals surface area contributed by atoms with Crippen LogP contribution in [0.25, 0.3) is 0 Å². The molecule has 452 valence electrons. The number of aromatic nitrogens is 4. The number of benzene rings is 6. The molecule has 0 unspecified atom stereocenters. The zero-order chi connectivity index (χ0) is 65.1. The summed E-state index contributed by atoms with van der Waals surface area (Å²) in [6, 6.07) is 56.2. The molecule has 0 N–H and O–H groups in total. The summed E-state index contributed by atoms with van der Waals surface area (Å²) in [7, 11) is 13.1. The fourth-order valence-corrected chi connectivity index (χ4v) is 8.77. The van der Waals surface area contributed by atoms with Gasteiger partial charge in [0.05, 0.1) is 47.4 Å². The maximum Gasteiger partial charge on any atom is 0.104 e. The van der Waals surface area contributed by atoms with Gasteiger partial charge >= 0.3 is 0 Å². The lowest BCUT2D eigenvalue weighted by atomic mass is 9.97. The van der Waals surface area contributed by atoms with Crippen LogP contribution in [0.2, 0.25) is 0 Å². The summed E-state index contributed by atoms with van der Waals surface area (Å²) in [5.41, 5.74) is 19.8. The van der Waals surface area contributed by atoms with E-state index in [1.54, 1.807) is 49.6 Å². The molecule has 0 aliphatic carbocycles. The molecule has 10 rings (SSSR count). The van der Waals surface area contributed by atoms with Crippen LogP contribution >= 0.6 is 0 Å². The number of nitrogens with zero attached hydrogens (tertiary/aromatic N) is 7. The largest absolute Gasteiger partial charge is 1.00 e. The highest BCUT2D eigenvalue weighted by Crippen LogP contribution is 2.21. The molecular formula is C82H64BrN7O3. The fraction of sp³-hybridized carbons (Fsp3) is 0.122. The van der Waals surface area contributed by atoms with E-state index in [1.165, 1.54) is 11.1 Å². The summed E-state index contributed by atoms with van der Waals surface area (Å²) >= 11 is 0. The van der Waals surface area contributed by atoms with E-state index in [1.807, 2.05) is 146 Å². The van der Waals surface area contributed by atoms with E-state index in [2.05, 4.69) is 195 Å². The monoisotopic (exact) mass is 1270 g/mol. The van der Waals surface area contributed by atoms with Gasteiger partial charge in [-0.25, -0.2) is 0 Å². The molecule has 6 aromatic carbocycles. The van der Waals surface area contributed by atoms with E-state index in [0.29, 0.717) is 0 Å². The van der Waals surface area contributed by atoms with Gasteiger partial charge < -0.3 is 41.3 Å². The fourth-order valence-electron chi connectivity index (χ4n) is 8.77. The van der Waals surface area contributed by atoms with Gasteiger partial charge in [0.1, 0.15) is 13.1 Å². The van der Waals surface area contributed by atoms with Crippen molar-refractivity contribution in [1.29, 1.82) is 0 Å². The van der Waals surface area contributed by atoms with E-state index >= 15 is 0 Å². The Morgan fingerprint density at radius 2 is 0.430 bits per heavy atom. The summed E-state index contributed by atoms with van der Waals surface area (Å²) in [6.07, 6.45) is 14.0. The third-order valence-electron chi connectivity index (χ3n) is 13.3. The molecule has 4 heterocycles. The Labute approximate surface area is 557 Å². The molecule has 0 saturated heterocycles. The molecule has 0 saturated carbocycles. The Bertz CT molecular complexity index is 4170.